The van der Waals surface area contributed by atoms with Crippen molar-refractivity contribution in [2.24, 2.45) is 5.41 Å². The first-order valence-corrected chi connectivity index (χ1v) is 8.00. The fourth-order valence-electron chi connectivity index (χ4n) is 3.12. The summed E-state index contributed by atoms with van der Waals surface area (Å²) in [5.41, 5.74) is 1.64. The number of hydrogen-bond acceptors (Lipinski definition) is 3. The first kappa shape index (κ1) is 19.9. The SMILES string of the molecule is COCC1(C(=O)Nc2ccccc2C(C)(C)C)CCNCC1.Cl. The summed E-state index contributed by atoms with van der Waals surface area (Å²) in [5, 5.41) is 6.48. The van der Waals surface area contributed by atoms with Gasteiger partial charge >= 0.3 is 0 Å². The molecule has 1 aliphatic rings. The van der Waals surface area contributed by atoms with E-state index >= 15 is 0 Å². The van der Waals surface area contributed by atoms with E-state index in [9.17, 15) is 4.79 Å². The van der Waals surface area contributed by atoms with E-state index < -0.39 is 5.41 Å². The monoisotopic (exact) mass is 340 g/mol. The highest BCUT2D eigenvalue weighted by Gasteiger charge is 2.40. The number of para-hydroxylation sites is 1. The fourth-order valence-corrected chi connectivity index (χ4v) is 3.12. The Kier molecular flexibility index (Phi) is 7.05. The molecule has 0 saturated carbocycles. The van der Waals surface area contributed by atoms with Gasteiger partial charge in [-0.2, -0.15) is 0 Å². The molecule has 0 aromatic heterocycles. The number of nitrogens with one attached hydrogen (secondary N) is 2. The number of amides is 1. The van der Waals surface area contributed by atoms with Gasteiger partial charge in [0.25, 0.3) is 0 Å². The molecule has 0 atom stereocenters. The van der Waals surface area contributed by atoms with Crippen LogP contribution in [0.25, 0.3) is 0 Å². The minimum atomic E-state index is -0.426. The molecule has 1 aromatic rings. The molecule has 0 aliphatic carbocycles. The Morgan fingerprint density at radius 3 is 2.43 bits per heavy atom. The van der Waals surface area contributed by atoms with Crippen molar-refractivity contribution in [3.05, 3.63) is 29.8 Å². The molecule has 130 valence electrons. The van der Waals surface area contributed by atoms with Crippen molar-refractivity contribution in [2.45, 2.75) is 39.0 Å². The van der Waals surface area contributed by atoms with Crippen molar-refractivity contribution < 1.29 is 9.53 Å². The van der Waals surface area contributed by atoms with Gasteiger partial charge in [-0.15, -0.1) is 12.4 Å². The van der Waals surface area contributed by atoms with E-state index in [-0.39, 0.29) is 23.7 Å². The minimum Gasteiger partial charge on any atom is -0.384 e. The Hall–Kier alpha value is -1.10. The van der Waals surface area contributed by atoms with Crippen molar-refractivity contribution in [1.82, 2.24) is 5.32 Å². The Balaban J connectivity index is 0.00000264. The lowest BCUT2D eigenvalue weighted by molar-refractivity contribution is -0.130. The van der Waals surface area contributed by atoms with Gasteiger partial charge in [0.05, 0.1) is 12.0 Å². The number of ether oxygens (including phenoxy) is 1. The second-order valence-electron chi connectivity index (χ2n) is 7.21. The summed E-state index contributed by atoms with van der Waals surface area (Å²) in [4.78, 5) is 12.9. The molecule has 1 aliphatic heterocycles. The first-order valence-electron chi connectivity index (χ1n) is 8.00. The van der Waals surface area contributed by atoms with Crippen LogP contribution < -0.4 is 10.6 Å². The largest absolute Gasteiger partial charge is 0.384 e. The molecule has 0 spiro atoms. The highest BCUT2D eigenvalue weighted by atomic mass is 35.5. The van der Waals surface area contributed by atoms with Gasteiger partial charge in [-0.3, -0.25) is 4.79 Å². The molecule has 1 heterocycles. The number of piperidine rings is 1. The molecule has 1 saturated heterocycles. The second kappa shape index (κ2) is 8.13. The molecule has 2 rings (SSSR count). The van der Waals surface area contributed by atoms with E-state index in [2.05, 4.69) is 37.5 Å². The van der Waals surface area contributed by atoms with E-state index in [0.29, 0.717) is 6.61 Å². The van der Waals surface area contributed by atoms with E-state index in [1.807, 2.05) is 18.2 Å². The highest BCUT2D eigenvalue weighted by Crippen LogP contribution is 2.34. The van der Waals surface area contributed by atoms with Crippen molar-refractivity contribution in [3.8, 4) is 0 Å². The Bertz CT molecular complexity index is 514. The standard InChI is InChI=1S/C18H28N2O2.ClH/c1-17(2,3)14-7-5-6-8-15(14)20-16(21)18(13-22-4)9-11-19-12-10-18;/h5-8,19H,9-13H2,1-4H3,(H,20,21);1H. The third-order valence-corrected chi connectivity index (χ3v) is 4.45. The van der Waals surface area contributed by atoms with Crippen LogP contribution in [0.3, 0.4) is 0 Å². The summed E-state index contributed by atoms with van der Waals surface area (Å²) in [6, 6.07) is 8.06. The highest BCUT2D eigenvalue weighted by molar-refractivity contribution is 5.96. The van der Waals surface area contributed by atoms with E-state index in [4.69, 9.17) is 4.74 Å². The third kappa shape index (κ3) is 4.69. The molecule has 0 unspecified atom stereocenters. The van der Waals surface area contributed by atoms with Crippen LogP contribution in [0.15, 0.2) is 24.3 Å². The molecule has 1 fully saturated rings. The van der Waals surface area contributed by atoms with Crippen LogP contribution in [0.1, 0.15) is 39.2 Å². The second-order valence-corrected chi connectivity index (χ2v) is 7.21. The lowest BCUT2D eigenvalue weighted by atomic mass is 9.78. The van der Waals surface area contributed by atoms with E-state index in [0.717, 1.165) is 37.2 Å². The Morgan fingerprint density at radius 2 is 1.87 bits per heavy atom. The van der Waals surface area contributed by atoms with Crippen molar-refractivity contribution in [1.29, 1.82) is 0 Å². The van der Waals surface area contributed by atoms with Crippen LogP contribution in [0.4, 0.5) is 5.69 Å². The average molecular weight is 341 g/mol. The quantitative estimate of drug-likeness (QED) is 0.883. The number of methoxy groups -OCH3 is 1. The van der Waals surface area contributed by atoms with Gasteiger partial charge < -0.3 is 15.4 Å². The molecule has 5 heteroatoms. The molecule has 1 aromatic carbocycles. The zero-order valence-electron chi connectivity index (χ0n) is 14.6. The lowest BCUT2D eigenvalue weighted by Crippen LogP contribution is -2.47. The van der Waals surface area contributed by atoms with Gasteiger partial charge in [0.15, 0.2) is 0 Å². The summed E-state index contributed by atoms with van der Waals surface area (Å²) in [6.07, 6.45) is 1.62. The van der Waals surface area contributed by atoms with Crippen LogP contribution in [-0.2, 0) is 14.9 Å². The predicted molar refractivity (Wildman–Crippen MR) is 97.4 cm³/mol. The maximum atomic E-state index is 12.9. The van der Waals surface area contributed by atoms with E-state index in [1.165, 1.54) is 0 Å². The number of hydrogen-bond donors (Lipinski definition) is 2. The van der Waals surface area contributed by atoms with Crippen LogP contribution in [0, 0.1) is 5.41 Å². The number of rotatable bonds is 4. The fraction of sp³-hybridized carbons (Fsp3) is 0.611. The number of benzene rings is 1. The zero-order chi connectivity index (χ0) is 16.2. The number of carbonyl (C=O) groups excluding carboxylic acids is 1. The van der Waals surface area contributed by atoms with Crippen molar-refractivity contribution >= 4 is 24.0 Å². The predicted octanol–water partition coefficient (Wildman–Crippen LogP) is 3.36. The van der Waals surface area contributed by atoms with Crippen LogP contribution in [0.5, 0.6) is 0 Å². The first-order chi connectivity index (χ1) is 10.4. The molecule has 4 nitrogen and oxygen atoms in total. The number of halogens is 1. The summed E-state index contributed by atoms with van der Waals surface area (Å²) in [5.74, 6) is 0.0764. The number of carbonyl (C=O) groups is 1. The van der Waals surface area contributed by atoms with Crippen LogP contribution in [-0.4, -0.2) is 32.7 Å². The topological polar surface area (TPSA) is 50.4 Å². The smallest absolute Gasteiger partial charge is 0.233 e. The van der Waals surface area contributed by atoms with Gasteiger partial charge in [-0.25, -0.2) is 0 Å². The Labute approximate surface area is 145 Å². The average Bonchev–Trinajstić information content (AvgIpc) is 2.48. The summed E-state index contributed by atoms with van der Waals surface area (Å²) < 4.78 is 5.35. The maximum absolute atomic E-state index is 12.9. The molecule has 1 amide bonds. The van der Waals surface area contributed by atoms with Crippen LogP contribution in [0.2, 0.25) is 0 Å². The van der Waals surface area contributed by atoms with Crippen molar-refractivity contribution in [2.75, 3.05) is 32.1 Å². The van der Waals surface area contributed by atoms with Gasteiger partial charge in [-0.1, -0.05) is 39.0 Å². The molecule has 0 radical (unpaired) electrons. The summed E-state index contributed by atoms with van der Waals surface area (Å²) >= 11 is 0. The normalized spacial score (nSPS) is 17.2. The minimum absolute atomic E-state index is 0. The summed E-state index contributed by atoms with van der Waals surface area (Å²) in [6.45, 7) is 8.67. The van der Waals surface area contributed by atoms with Crippen molar-refractivity contribution in [3.63, 3.8) is 0 Å². The molecular weight excluding hydrogens is 312 g/mol. The lowest BCUT2D eigenvalue weighted by Gasteiger charge is -2.36. The third-order valence-electron chi connectivity index (χ3n) is 4.45. The number of anilines is 1. The summed E-state index contributed by atoms with van der Waals surface area (Å²) in [7, 11) is 1.67. The van der Waals surface area contributed by atoms with Gasteiger partial charge in [0.2, 0.25) is 5.91 Å². The molecule has 0 bridgehead atoms. The zero-order valence-corrected chi connectivity index (χ0v) is 15.4. The Morgan fingerprint density at radius 1 is 1.26 bits per heavy atom. The van der Waals surface area contributed by atoms with Gasteiger partial charge in [0, 0.05) is 12.8 Å². The molecule has 2 N–H and O–H groups in total. The molecular formula is C18H29ClN2O2. The van der Waals surface area contributed by atoms with Gasteiger partial charge in [0.1, 0.15) is 0 Å². The van der Waals surface area contributed by atoms with Crippen LogP contribution >= 0.6 is 12.4 Å². The van der Waals surface area contributed by atoms with E-state index in [1.54, 1.807) is 7.11 Å². The van der Waals surface area contributed by atoms with Gasteiger partial charge in [-0.05, 0) is 43.0 Å². The molecule has 23 heavy (non-hydrogen) atoms. The maximum Gasteiger partial charge on any atom is 0.233 e.